The molecule has 1 aliphatic rings. The van der Waals surface area contributed by atoms with Gasteiger partial charge in [0.05, 0.1) is 5.56 Å². The number of hydrogen-bond donors (Lipinski definition) is 1. The summed E-state index contributed by atoms with van der Waals surface area (Å²) in [5.41, 5.74) is 1.35. The Hall–Kier alpha value is -3.40. The van der Waals surface area contributed by atoms with Crippen LogP contribution in [0, 0.1) is 5.92 Å². The summed E-state index contributed by atoms with van der Waals surface area (Å²) >= 11 is 12.9. The minimum atomic E-state index is -4.10. The number of halogens is 2. The Morgan fingerprint density at radius 1 is 0.927 bits per heavy atom. The standard InChI is InChI=1S/C30H31Cl2N3O5S/c1-20(2)18-33-29(37)26(17-21-9-4-3-5-10-21)34(19-23-24(31)12-8-13-25(23)32)28(36)15-16-35-30(38)22-11-6-7-14-27(22)41(35,39)40/h3-14,20,26H,15-19H2,1-2H3,(H,33,37)/t26-/m1/s1. The van der Waals surface area contributed by atoms with Gasteiger partial charge in [-0.25, -0.2) is 12.7 Å². The Morgan fingerprint density at radius 3 is 2.20 bits per heavy atom. The van der Waals surface area contributed by atoms with E-state index in [1.165, 1.54) is 23.1 Å². The molecule has 0 bridgehead atoms. The van der Waals surface area contributed by atoms with E-state index in [-0.39, 0.29) is 48.2 Å². The second-order valence-corrected chi connectivity index (χ2v) is 12.8. The van der Waals surface area contributed by atoms with E-state index in [1.54, 1.807) is 24.3 Å². The molecule has 0 saturated heterocycles. The van der Waals surface area contributed by atoms with Crippen LogP contribution in [0.2, 0.25) is 10.0 Å². The fourth-order valence-electron chi connectivity index (χ4n) is 4.62. The quantitative estimate of drug-likeness (QED) is 0.329. The predicted molar refractivity (Wildman–Crippen MR) is 158 cm³/mol. The zero-order valence-electron chi connectivity index (χ0n) is 22.7. The molecule has 11 heteroatoms. The molecule has 0 radical (unpaired) electrons. The van der Waals surface area contributed by atoms with E-state index in [0.29, 0.717) is 26.5 Å². The second kappa shape index (κ2) is 13.1. The molecule has 41 heavy (non-hydrogen) atoms. The molecule has 3 aromatic carbocycles. The number of benzene rings is 3. The number of sulfonamides is 1. The highest BCUT2D eigenvalue weighted by Crippen LogP contribution is 2.31. The van der Waals surface area contributed by atoms with Crippen molar-refractivity contribution in [1.82, 2.24) is 14.5 Å². The number of carbonyl (C=O) groups is 3. The van der Waals surface area contributed by atoms with Crippen LogP contribution in [0.5, 0.6) is 0 Å². The van der Waals surface area contributed by atoms with E-state index in [0.717, 1.165) is 5.56 Å². The summed E-state index contributed by atoms with van der Waals surface area (Å²) < 4.78 is 26.9. The number of nitrogens with one attached hydrogen (secondary N) is 1. The van der Waals surface area contributed by atoms with Crippen LogP contribution in [0.1, 0.15) is 41.8 Å². The Kier molecular flexibility index (Phi) is 9.73. The monoisotopic (exact) mass is 615 g/mol. The number of amides is 3. The number of carbonyl (C=O) groups excluding carboxylic acids is 3. The number of hydrogen-bond acceptors (Lipinski definition) is 5. The van der Waals surface area contributed by atoms with E-state index in [2.05, 4.69) is 5.32 Å². The summed E-state index contributed by atoms with van der Waals surface area (Å²) in [7, 11) is -4.10. The molecule has 8 nitrogen and oxygen atoms in total. The molecule has 0 saturated carbocycles. The van der Waals surface area contributed by atoms with Crippen molar-refractivity contribution in [1.29, 1.82) is 0 Å². The molecule has 1 N–H and O–H groups in total. The summed E-state index contributed by atoms with van der Waals surface area (Å²) in [5.74, 6) is -1.41. The topological polar surface area (TPSA) is 104 Å². The van der Waals surface area contributed by atoms with E-state index >= 15 is 0 Å². The highest BCUT2D eigenvalue weighted by molar-refractivity contribution is 7.90. The van der Waals surface area contributed by atoms with Crippen molar-refractivity contribution in [2.24, 2.45) is 5.92 Å². The van der Waals surface area contributed by atoms with Gasteiger partial charge in [-0.05, 0) is 35.7 Å². The van der Waals surface area contributed by atoms with E-state index in [9.17, 15) is 22.8 Å². The van der Waals surface area contributed by atoms with Gasteiger partial charge in [0.2, 0.25) is 11.8 Å². The summed E-state index contributed by atoms with van der Waals surface area (Å²) in [6.45, 7) is 3.85. The lowest BCUT2D eigenvalue weighted by Gasteiger charge is -2.32. The number of rotatable bonds is 11. The van der Waals surface area contributed by atoms with Crippen molar-refractivity contribution in [2.45, 2.75) is 44.2 Å². The van der Waals surface area contributed by atoms with Crippen molar-refractivity contribution >= 4 is 50.9 Å². The van der Waals surface area contributed by atoms with E-state index in [1.807, 2.05) is 44.2 Å². The third-order valence-corrected chi connectivity index (χ3v) is 9.34. The zero-order chi connectivity index (χ0) is 29.7. The van der Waals surface area contributed by atoms with Gasteiger partial charge in [-0.15, -0.1) is 0 Å². The lowest BCUT2D eigenvalue weighted by Crippen LogP contribution is -2.51. The van der Waals surface area contributed by atoms with Gasteiger partial charge in [0, 0.05) is 48.1 Å². The van der Waals surface area contributed by atoms with Gasteiger partial charge in [0.25, 0.3) is 15.9 Å². The summed E-state index contributed by atoms with van der Waals surface area (Å²) in [4.78, 5) is 41.7. The Labute approximate surface area is 250 Å². The maximum Gasteiger partial charge on any atom is 0.269 e. The molecule has 1 heterocycles. The van der Waals surface area contributed by atoms with Gasteiger partial charge < -0.3 is 10.2 Å². The first-order valence-electron chi connectivity index (χ1n) is 13.2. The molecule has 0 spiro atoms. The first-order valence-corrected chi connectivity index (χ1v) is 15.4. The van der Waals surface area contributed by atoms with Crippen LogP contribution in [0.15, 0.2) is 77.7 Å². The molecular weight excluding hydrogens is 585 g/mol. The van der Waals surface area contributed by atoms with Crippen LogP contribution in [0.4, 0.5) is 0 Å². The highest BCUT2D eigenvalue weighted by Gasteiger charge is 2.41. The van der Waals surface area contributed by atoms with Crippen molar-refractivity contribution in [3.63, 3.8) is 0 Å². The lowest BCUT2D eigenvalue weighted by molar-refractivity contribution is -0.141. The fraction of sp³-hybridized carbons (Fsp3) is 0.300. The lowest BCUT2D eigenvalue weighted by atomic mass is 10.0. The van der Waals surface area contributed by atoms with Gasteiger partial charge in [0.1, 0.15) is 10.9 Å². The average Bonchev–Trinajstić information content (AvgIpc) is 3.14. The first kappa shape index (κ1) is 30.6. The Balaban J connectivity index is 1.67. The van der Waals surface area contributed by atoms with Gasteiger partial charge >= 0.3 is 0 Å². The molecule has 4 rings (SSSR count). The molecule has 216 valence electrons. The molecule has 0 fully saturated rings. The van der Waals surface area contributed by atoms with Gasteiger partial charge in [-0.3, -0.25) is 14.4 Å². The van der Waals surface area contributed by atoms with E-state index in [4.69, 9.17) is 23.2 Å². The van der Waals surface area contributed by atoms with Crippen LogP contribution in [0.3, 0.4) is 0 Å². The fourth-order valence-corrected chi connectivity index (χ4v) is 6.71. The minimum Gasteiger partial charge on any atom is -0.354 e. The molecule has 0 aromatic heterocycles. The Bertz CT molecular complexity index is 1530. The predicted octanol–water partition coefficient (Wildman–Crippen LogP) is 4.94. The normalized spacial score (nSPS) is 14.6. The smallest absolute Gasteiger partial charge is 0.269 e. The Morgan fingerprint density at radius 2 is 1.56 bits per heavy atom. The van der Waals surface area contributed by atoms with Crippen LogP contribution in [-0.4, -0.2) is 54.5 Å². The molecular formula is C30H31Cl2N3O5S. The van der Waals surface area contributed by atoms with Crippen LogP contribution in [0.25, 0.3) is 0 Å². The van der Waals surface area contributed by atoms with Gasteiger partial charge in [0.15, 0.2) is 0 Å². The zero-order valence-corrected chi connectivity index (χ0v) is 25.0. The van der Waals surface area contributed by atoms with Crippen LogP contribution < -0.4 is 5.32 Å². The third kappa shape index (κ3) is 6.92. The average molecular weight is 617 g/mol. The van der Waals surface area contributed by atoms with Gasteiger partial charge in [-0.1, -0.05) is 85.6 Å². The second-order valence-electron chi connectivity index (χ2n) is 10.2. The minimum absolute atomic E-state index is 0.0645. The largest absolute Gasteiger partial charge is 0.354 e. The highest BCUT2D eigenvalue weighted by atomic mass is 35.5. The van der Waals surface area contributed by atoms with E-state index < -0.39 is 27.9 Å². The molecule has 3 amide bonds. The molecule has 0 aliphatic carbocycles. The van der Waals surface area contributed by atoms with Crippen LogP contribution >= 0.6 is 23.2 Å². The summed E-state index contributed by atoms with van der Waals surface area (Å²) in [5, 5.41) is 3.57. The molecule has 3 aromatic rings. The first-order chi connectivity index (χ1) is 19.5. The third-order valence-electron chi connectivity index (χ3n) is 6.79. The van der Waals surface area contributed by atoms with Crippen molar-refractivity contribution in [2.75, 3.05) is 13.1 Å². The maximum absolute atomic E-state index is 13.9. The molecule has 1 aliphatic heterocycles. The van der Waals surface area contributed by atoms with Crippen molar-refractivity contribution in [3.8, 4) is 0 Å². The number of nitrogens with zero attached hydrogens (tertiary/aromatic N) is 2. The number of fused-ring (bicyclic) bond motifs is 1. The summed E-state index contributed by atoms with van der Waals surface area (Å²) in [6, 6.07) is 19.2. The molecule has 1 atom stereocenters. The molecule has 0 unspecified atom stereocenters. The SMILES string of the molecule is CC(C)CNC(=O)[C@@H](Cc1ccccc1)N(Cc1c(Cl)cccc1Cl)C(=O)CCN1C(=O)c2ccccc2S1(=O)=O. The summed E-state index contributed by atoms with van der Waals surface area (Å²) in [6.07, 6.45) is -0.144. The van der Waals surface area contributed by atoms with Gasteiger partial charge in [-0.2, -0.15) is 0 Å². The van der Waals surface area contributed by atoms with Crippen molar-refractivity contribution in [3.05, 3.63) is 99.5 Å². The van der Waals surface area contributed by atoms with Crippen molar-refractivity contribution < 1.29 is 22.8 Å². The maximum atomic E-state index is 13.9. The van der Waals surface area contributed by atoms with Crippen LogP contribution in [-0.2, 0) is 32.6 Å².